The fraction of sp³-hybridized carbons (Fsp3) is 0.294. The van der Waals surface area contributed by atoms with Crippen LogP contribution in [0.1, 0.15) is 22.3 Å². The smallest absolute Gasteiger partial charge is 0.255 e. The van der Waals surface area contributed by atoms with Gasteiger partial charge in [0.25, 0.3) is 5.91 Å². The molecule has 5 nitrogen and oxygen atoms in total. The van der Waals surface area contributed by atoms with Gasteiger partial charge in [0.2, 0.25) is 5.88 Å². The van der Waals surface area contributed by atoms with Crippen LogP contribution in [0.4, 0.5) is 5.69 Å². The van der Waals surface area contributed by atoms with E-state index in [0.29, 0.717) is 24.7 Å². The van der Waals surface area contributed by atoms with Crippen molar-refractivity contribution in [1.29, 1.82) is 0 Å². The summed E-state index contributed by atoms with van der Waals surface area (Å²) in [6.07, 6.45) is 2.44. The highest BCUT2D eigenvalue weighted by atomic mass is 16.5. The van der Waals surface area contributed by atoms with E-state index in [9.17, 15) is 4.79 Å². The van der Waals surface area contributed by atoms with Crippen LogP contribution < -0.4 is 10.1 Å². The van der Waals surface area contributed by atoms with Crippen molar-refractivity contribution in [2.75, 3.05) is 18.5 Å². The molecule has 1 N–H and O–H groups in total. The second kappa shape index (κ2) is 6.58. The van der Waals surface area contributed by atoms with Crippen LogP contribution in [0.3, 0.4) is 0 Å². The number of amides is 1. The Balaban J connectivity index is 1.69. The molecule has 114 valence electrons. The Morgan fingerprint density at radius 3 is 3.05 bits per heavy atom. The first-order valence-corrected chi connectivity index (χ1v) is 7.29. The number of nitrogens with zero attached hydrogens (tertiary/aromatic N) is 1. The summed E-state index contributed by atoms with van der Waals surface area (Å²) in [7, 11) is 0. The first-order chi connectivity index (χ1) is 10.7. The second-order valence-corrected chi connectivity index (χ2v) is 5.31. The number of ether oxygens (including phenoxy) is 2. The third kappa shape index (κ3) is 3.62. The summed E-state index contributed by atoms with van der Waals surface area (Å²) < 4.78 is 11.0. The van der Waals surface area contributed by atoms with Crippen LogP contribution in [0.25, 0.3) is 0 Å². The van der Waals surface area contributed by atoms with Crippen LogP contribution in [-0.4, -0.2) is 30.2 Å². The molecule has 1 aliphatic heterocycles. The molecule has 5 heteroatoms. The Labute approximate surface area is 129 Å². The van der Waals surface area contributed by atoms with E-state index in [1.807, 2.05) is 31.2 Å². The molecule has 3 rings (SSSR count). The number of benzene rings is 1. The molecule has 0 aliphatic carbocycles. The summed E-state index contributed by atoms with van der Waals surface area (Å²) in [6.45, 7) is 3.26. The van der Waals surface area contributed by atoms with Crippen molar-refractivity contribution in [3.05, 3.63) is 53.7 Å². The number of carbonyl (C=O) groups excluding carboxylic acids is 1. The normalized spacial score (nSPS) is 17.2. The molecule has 1 saturated heterocycles. The van der Waals surface area contributed by atoms with Gasteiger partial charge in [-0.15, -0.1) is 0 Å². The average molecular weight is 298 g/mol. The topological polar surface area (TPSA) is 60.5 Å². The van der Waals surface area contributed by atoms with E-state index >= 15 is 0 Å². The fourth-order valence-corrected chi connectivity index (χ4v) is 2.32. The number of hydrogen-bond donors (Lipinski definition) is 1. The number of anilines is 1. The van der Waals surface area contributed by atoms with Gasteiger partial charge in [-0.05, 0) is 30.7 Å². The maximum Gasteiger partial charge on any atom is 0.255 e. The molecule has 1 fully saturated rings. The Morgan fingerprint density at radius 1 is 1.36 bits per heavy atom. The monoisotopic (exact) mass is 298 g/mol. The van der Waals surface area contributed by atoms with E-state index in [0.717, 1.165) is 17.7 Å². The lowest BCUT2D eigenvalue weighted by molar-refractivity contribution is 0.102. The summed E-state index contributed by atoms with van der Waals surface area (Å²) in [5, 5.41) is 2.87. The van der Waals surface area contributed by atoms with Crippen molar-refractivity contribution < 1.29 is 14.3 Å². The molecule has 0 spiro atoms. The van der Waals surface area contributed by atoms with Crippen LogP contribution in [0, 0.1) is 6.92 Å². The molecule has 0 unspecified atom stereocenters. The van der Waals surface area contributed by atoms with Crippen molar-refractivity contribution in [2.24, 2.45) is 0 Å². The number of rotatable bonds is 4. The van der Waals surface area contributed by atoms with Crippen LogP contribution in [-0.2, 0) is 4.74 Å². The molecule has 0 bridgehead atoms. The highest BCUT2D eigenvalue weighted by Crippen LogP contribution is 2.17. The zero-order valence-electron chi connectivity index (χ0n) is 12.4. The summed E-state index contributed by atoms with van der Waals surface area (Å²) >= 11 is 0. The van der Waals surface area contributed by atoms with Crippen LogP contribution in [0.5, 0.6) is 5.88 Å². The first kappa shape index (κ1) is 14.5. The lowest BCUT2D eigenvalue weighted by atomic mass is 10.2. The van der Waals surface area contributed by atoms with Crippen LogP contribution >= 0.6 is 0 Å². The van der Waals surface area contributed by atoms with Crippen molar-refractivity contribution in [1.82, 2.24) is 4.98 Å². The minimum absolute atomic E-state index is 0.0163. The van der Waals surface area contributed by atoms with E-state index in [1.165, 1.54) is 0 Å². The molecule has 1 aromatic heterocycles. The zero-order chi connectivity index (χ0) is 15.4. The number of aryl methyl sites for hydroxylation is 1. The molecular weight excluding hydrogens is 280 g/mol. The van der Waals surface area contributed by atoms with E-state index in [1.54, 1.807) is 18.3 Å². The van der Waals surface area contributed by atoms with Crippen molar-refractivity contribution in [2.45, 2.75) is 19.4 Å². The maximum atomic E-state index is 12.3. The van der Waals surface area contributed by atoms with Gasteiger partial charge >= 0.3 is 0 Å². The van der Waals surface area contributed by atoms with Gasteiger partial charge < -0.3 is 14.8 Å². The molecule has 22 heavy (non-hydrogen) atoms. The number of hydrogen-bond acceptors (Lipinski definition) is 4. The third-order valence-corrected chi connectivity index (χ3v) is 3.45. The lowest BCUT2D eigenvalue weighted by Crippen LogP contribution is -2.17. The minimum atomic E-state index is -0.180. The third-order valence-electron chi connectivity index (χ3n) is 3.45. The Bertz CT molecular complexity index is 666. The molecule has 1 amide bonds. The molecule has 1 aromatic carbocycles. The van der Waals surface area contributed by atoms with E-state index in [-0.39, 0.29) is 12.0 Å². The van der Waals surface area contributed by atoms with Gasteiger partial charge in [-0.3, -0.25) is 4.79 Å². The largest absolute Gasteiger partial charge is 0.472 e. The van der Waals surface area contributed by atoms with Crippen LogP contribution in [0.15, 0.2) is 42.6 Å². The van der Waals surface area contributed by atoms with Gasteiger partial charge in [0.15, 0.2) is 0 Å². The van der Waals surface area contributed by atoms with Gasteiger partial charge in [-0.25, -0.2) is 4.98 Å². The SMILES string of the molecule is Cc1cccc(NC(=O)c2ccnc(O[C@H]3CCOC3)c2)c1. The number of pyridine rings is 1. The predicted octanol–water partition coefficient (Wildman–Crippen LogP) is 2.81. The van der Waals surface area contributed by atoms with E-state index in [2.05, 4.69) is 10.3 Å². The van der Waals surface area contributed by atoms with Crippen molar-refractivity contribution in [3.63, 3.8) is 0 Å². The maximum absolute atomic E-state index is 12.3. The number of carbonyl (C=O) groups is 1. The quantitative estimate of drug-likeness (QED) is 0.943. The molecular formula is C17H18N2O3. The van der Waals surface area contributed by atoms with Crippen molar-refractivity contribution in [3.8, 4) is 5.88 Å². The Kier molecular flexibility index (Phi) is 4.34. The standard InChI is InChI=1S/C17H18N2O3/c1-12-3-2-4-14(9-12)19-17(20)13-5-7-18-16(10-13)22-15-6-8-21-11-15/h2-5,7,9-10,15H,6,8,11H2,1H3,(H,19,20)/t15-/m0/s1. The zero-order valence-corrected chi connectivity index (χ0v) is 12.4. The van der Waals surface area contributed by atoms with Gasteiger partial charge in [0.05, 0.1) is 13.2 Å². The molecule has 1 aliphatic rings. The Morgan fingerprint density at radius 2 is 2.27 bits per heavy atom. The predicted molar refractivity (Wildman–Crippen MR) is 83.2 cm³/mol. The first-order valence-electron chi connectivity index (χ1n) is 7.29. The van der Waals surface area contributed by atoms with Gasteiger partial charge in [0, 0.05) is 29.9 Å². The lowest BCUT2D eigenvalue weighted by Gasteiger charge is -2.11. The van der Waals surface area contributed by atoms with Gasteiger partial charge in [-0.1, -0.05) is 12.1 Å². The minimum Gasteiger partial charge on any atom is -0.472 e. The second-order valence-electron chi connectivity index (χ2n) is 5.31. The number of nitrogens with one attached hydrogen (secondary N) is 1. The highest BCUT2D eigenvalue weighted by Gasteiger charge is 2.18. The summed E-state index contributed by atoms with van der Waals surface area (Å²) in [5.74, 6) is 0.271. The Hall–Kier alpha value is -2.40. The molecule has 1 atom stereocenters. The molecule has 2 heterocycles. The number of aromatic nitrogens is 1. The summed E-state index contributed by atoms with van der Waals surface area (Å²) in [6, 6.07) is 11.0. The van der Waals surface area contributed by atoms with Gasteiger partial charge in [-0.2, -0.15) is 0 Å². The molecule has 0 saturated carbocycles. The van der Waals surface area contributed by atoms with E-state index in [4.69, 9.17) is 9.47 Å². The van der Waals surface area contributed by atoms with E-state index < -0.39 is 0 Å². The van der Waals surface area contributed by atoms with Crippen LogP contribution in [0.2, 0.25) is 0 Å². The van der Waals surface area contributed by atoms with Gasteiger partial charge in [0.1, 0.15) is 6.10 Å². The highest BCUT2D eigenvalue weighted by molar-refractivity contribution is 6.04. The summed E-state index contributed by atoms with van der Waals surface area (Å²) in [4.78, 5) is 16.4. The fourth-order valence-electron chi connectivity index (χ4n) is 2.32. The van der Waals surface area contributed by atoms with Crippen molar-refractivity contribution >= 4 is 11.6 Å². The molecule has 0 radical (unpaired) electrons. The average Bonchev–Trinajstić information content (AvgIpc) is 3.00. The summed E-state index contributed by atoms with van der Waals surface area (Å²) in [5.41, 5.74) is 2.39. The molecule has 2 aromatic rings.